The molecule has 3 rings (SSSR count). The minimum Gasteiger partial charge on any atom is -0.480 e. The summed E-state index contributed by atoms with van der Waals surface area (Å²) in [6.07, 6.45) is 1.41. The number of carbonyl (C=O) groups is 1. The molecular formula is C14H16N4O4S. The van der Waals surface area contributed by atoms with E-state index < -0.39 is 22.0 Å². The Morgan fingerprint density at radius 3 is 2.74 bits per heavy atom. The second-order valence-corrected chi connectivity index (χ2v) is 7.43. The molecule has 1 aliphatic rings. The number of nitrogens with zero attached hydrogens (tertiary/aromatic N) is 4. The fourth-order valence-electron chi connectivity index (χ4n) is 2.75. The summed E-state index contributed by atoms with van der Waals surface area (Å²) in [5, 5.41) is 17.0. The zero-order valence-corrected chi connectivity index (χ0v) is 13.5. The standard InChI is InChI=1S/C14H16N4O4S/c1-9-3-4-12(10(2)5-9)23(21,22)18-7-13-16-15-8-17(13)6-11(18)14(19)20/h3-5,8,11H,6-7H2,1-2H3,(H,19,20). The summed E-state index contributed by atoms with van der Waals surface area (Å²) in [6.45, 7) is 3.43. The summed E-state index contributed by atoms with van der Waals surface area (Å²) in [6, 6.07) is 3.78. The van der Waals surface area contributed by atoms with E-state index in [-0.39, 0.29) is 18.0 Å². The molecule has 2 heterocycles. The van der Waals surface area contributed by atoms with Gasteiger partial charge in [0, 0.05) is 0 Å². The normalized spacial score (nSPS) is 18.6. The number of aliphatic carboxylic acids is 1. The van der Waals surface area contributed by atoms with Gasteiger partial charge in [0.05, 0.1) is 18.0 Å². The van der Waals surface area contributed by atoms with Crippen LogP contribution < -0.4 is 0 Å². The van der Waals surface area contributed by atoms with Gasteiger partial charge in [-0.15, -0.1) is 10.2 Å². The molecule has 1 aliphatic heterocycles. The van der Waals surface area contributed by atoms with Gasteiger partial charge in [0.1, 0.15) is 18.2 Å². The lowest BCUT2D eigenvalue weighted by Crippen LogP contribution is -2.50. The van der Waals surface area contributed by atoms with Crippen LogP contribution in [0.25, 0.3) is 0 Å². The molecule has 0 amide bonds. The van der Waals surface area contributed by atoms with Gasteiger partial charge in [-0.25, -0.2) is 8.42 Å². The van der Waals surface area contributed by atoms with Crippen molar-refractivity contribution in [2.45, 2.75) is 37.9 Å². The smallest absolute Gasteiger partial charge is 0.323 e. The number of aromatic nitrogens is 3. The van der Waals surface area contributed by atoms with Gasteiger partial charge in [-0.2, -0.15) is 4.31 Å². The van der Waals surface area contributed by atoms with E-state index in [1.807, 2.05) is 6.92 Å². The lowest BCUT2D eigenvalue weighted by atomic mass is 10.2. The van der Waals surface area contributed by atoms with Crippen LogP contribution in [0.15, 0.2) is 29.4 Å². The van der Waals surface area contributed by atoms with Crippen molar-refractivity contribution in [3.63, 3.8) is 0 Å². The van der Waals surface area contributed by atoms with Gasteiger partial charge in [-0.3, -0.25) is 4.79 Å². The Morgan fingerprint density at radius 1 is 1.35 bits per heavy atom. The molecule has 0 saturated carbocycles. The highest BCUT2D eigenvalue weighted by molar-refractivity contribution is 7.89. The molecule has 2 aromatic rings. The molecule has 1 aromatic heterocycles. The van der Waals surface area contributed by atoms with E-state index in [4.69, 9.17) is 0 Å². The Morgan fingerprint density at radius 2 is 2.09 bits per heavy atom. The van der Waals surface area contributed by atoms with Crippen LogP contribution in [-0.2, 0) is 27.9 Å². The first-order chi connectivity index (χ1) is 10.8. The zero-order valence-electron chi connectivity index (χ0n) is 12.7. The molecule has 9 heteroatoms. The highest BCUT2D eigenvalue weighted by Crippen LogP contribution is 2.27. The van der Waals surface area contributed by atoms with E-state index in [2.05, 4.69) is 10.2 Å². The van der Waals surface area contributed by atoms with Crippen LogP contribution in [-0.4, -0.2) is 44.6 Å². The van der Waals surface area contributed by atoms with Gasteiger partial charge in [-0.05, 0) is 25.5 Å². The number of sulfonamides is 1. The number of benzene rings is 1. The first kappa shape index (κ1) is 15.6. The Kier molecular flexibility index (Phi) is 3.69. The Balaban J connectivity index is 2.08. The lowest BCUT2D eigenvalue weighted by molar-refractivity contribution is -0.142. The maximum absolute atomic E-state index is 13.0. The van der Waals surface area contributed by atoms with Crippen LogP contribution in [0.4, 0.5) is 0 Å². The third-order valence-corrected chi connectivity index (χ3v) is 5.93. The quantitative estimate of drug-likeness (QED) is 0.877. The summed E-state index contributed by atoms with van der Waals surface area (Å²) < 4.78 is 28.5. The highest BCUT2D eigenvalue weighted by atomic mass is 32.2. The number of aryl methyl sites for hydroxylation is 2. The van der Waals surface area contributed by atoms with Crippen molar-refractivity contribution < 1.29 is 18.3 Å². The molecule has 0 bridgehead atoms. The van der Waals surface area contributed by atoms with E-state index in [1.54, 1.807) is 23.6 Å². The number of hydrogen-bond donors (Lipinski definition) is 1. The summed E-state index contributed by atoms with van der Waals surface area (Å²) >= 11 is 0. The molecule has 0 aliphatic carbocycles. The minimum atomic E-state index is -3.95. The van der Waals surface area contributed by atoms with Crippen molar-refractivity contribution in [3.05, 3.63) is 41.5 Å². The van der Waals surface area contributed by atoms with Gasteiger partial charge >= 0.3 is 5.97 Å². The van der Waals surface area contributed by atoms with Crippen LogP contribution in [0.2, 0.25) is 0 Å². The van der Waals surface area contributed by atoms with Crippen molar-refractivity contribution in [2.24, 2.45) is 0 Å². The van der Waals surface area contributed by atoms with E-state index in [1.165, 1.54) is 12.4 Å². The topological polar surface area (TPSA) is 105 Å². The second-order valence-electron chi connectivity index (χ2n) is 5.57. The monoisotopic (exact) mass is 336 g/mol. The summed E-state index contributed by atoms with van der Waals surface area (Å²) in [4.78, 5) is 11.7. The van der Waals surface area contributed by atoms with Crippen molar-refractivity contribution in [1.29, 1.82) is 0 Å². The summed E-state index contributed by atoms with van der Waals surface area (Å²) in [5.41, 5.74) is 1.52. The molecule has 0 spiro atoms. The summed E-state index contributed by atoms with van der Waals surface area (Å²) in [7, 11) is -3.95. The third kappa shape index (κ3) is 2.62. The van der Waals surface area contributed by atoms with Gasteiger partial charge in [0.25, 0.3) is 0 Å². The van der Waals surface area contributed by atoms with E-state index in [9.17, 15) is 18.3 Å². The van der Waals surface area contributed by atoms with E-state index >= 15 is 0 Å². The first-order valence-electron chi connectivity index (χ1n) is 6.99. The van der Waals surface area contributed by atoms with Crippen molar-refractivity contribution in [2.75, 3.05) is 0 Å². The Hall–Kier alpha value is -2.26. The van der Waals surface area contributed by atoms with Crippen molar-refractivity contribution in [3.8, 4) is 0 Å². The molecule has 0 saturated heterocycles. The average molecular weight is 336 g/mol. The predicted molar refractivity (Wildman–Crippen MR) is 80.1 cm³/mol. The van der Waals surface area contributed by atoms with Crippen LogP contribution >= 0.6 is 0 Å². The fraction of sp³-hybridized carbons (Fsp3) is 0.357. The minimum absolute atomic E-state index is 0.0121. The Bertz CT molecular complexity index is 875. The third-order valence-electron chi connectivity index (χ3n) is 3.91. The van der Waals surface area contributed by atoms with Crippen LogP contribution in [0.1, 0.15) is 17.0 Å². The molecule has 8 nitrogen and oxygen atoms in total. The van der Waals surface area contributed by atoms with E-state index in [0.717, 1.165) is 9.87 Å². The zero-order chi connectivity index (χ0) is 16.8. The van der Waals surface area contributed by atoms with E-state index in [0.29, 0.717) is 11.4 Å². The molecule has 0 fully saturated rings. The fourth-order valence-corrected chi connectivity index (χ4v) is 4.49. The van der Waals surface area contributed by atoms with Crippen molar-refractivity contribution >= 4 is 16.0 Å². The average Bonchev–Trinajstić information content (AvgIpc) is 2.92. The molecule has 0 radical (unpaired) electrons. The summed E-state index contributed by atoms with van der Waals surface area (Å²) in [5.74, 6) is -0.770. The van der Waals surface area contributed by atoms with Gasteiger partial charge < -0.3 is 9.67 Å². The lowest BCUT2D eigenvalue weighted by Gasteiger charge is -2.32. The molecule has 122 valence electrons. The number of carboxylic acids is 1. The number of fused-ring (bicyclic) bond motifs is 1. The number of carboxylic acid groups (broad SMARTS) is 1. The van der Waals surface area contributed by atoms with Crippen LogP contribution in [0, 0.1) is 13.8 Å². The first-order valence-corrected chi connectivity index (χ1v) is 8.43. The molecule has 1 aromatic carbocycles. The SMILES string of the molecule is Cc1ccc(S(=O)(=O)N2Cc3nncn3CC2C(=O)O)c(C)c1. The number of rotatable bonds is 3. The largest absolute Gasteiger partial charge is 0.480 e. The predicted octanol–water partition coefficient (Wildman–Crippen LogP) is 0.553. The van der Waals surface area contributed by atoms with Gasteiger partial charge in [0.15, 0.2) is 0 Å². The molecular weight excluding hydrogens is 320 g/mol. The second kappa shape index (κ2) is 5.43. The van der Waals surface area contributed by atoms with Crippen LogP contribution in [0.3, 0.4) is 0 Å². The van der Waals surface area contributed by atoms with Crippen molar-refractivity contribution in [1.82, 2.24) is 19.1 Å². The maximum atomic E-state index is 13.0. The molecule has 1 unspecified atom stereocenters. The maximum Gasteiger partial charge on any atom is 0.323 e. The van der Waals surface area contributed by atoms with Gasteiger partial charge in [0.2, 0.25) is 10.0 Å². The number of hydrogen-bond acceptors (Lipinski definition) is 5. The Labute approximate surface area is 133 Å². The van der Waals surface area contributed by atoms with Gasteiger partial charge in [-0.1, -0.05) is 17.7 Å². The highest BCUT2D eigenvalue weighted by Gasteiger charge is 2.41. The molecule has 1 atom stereocenters. The van der Waals surface area contributed by atoms with Crippen LogP contribution in [0.5, 0.6) is 0 Å². The molecule has 1 N–H and O–H groups in total. The molecule has 23 heavy (non-hydrogen) atoms.